The molecule has 22 nitrogen and oxygen atoms in total. The van der Waals surface area contributed by atoms with E-state index >= 15 is 19.2 Å². The van der Waals surface area contributed by atoms with Crippen LogP contribution in [0.15, 0.2) is 134 Å². The molecular formula is C82H68N10O12. The van der Waals surface area contributed by atoms with E-state index in [1.54, 1.807) is 132 Å². The molecule has 8 amide bonds. The summed E-state index contributed by atoms with van der Waals surface area (Å²) in [6.07, 6.45) is 8.28. The zero-order valence-corrected chi connectivity index (χ0v) is 58.6. The van der Waals surface area contributed by atoms with E-state index in [1.807, 2.05) is 0 Å². The molecular weight excluding hydrogens is 1320 g/mol. The molecule has 518 valence electrons. The number of phenolic OH excluding ortho intramolecular Hbond substituents is 2. The number of aromatic nitrogens is 2. The van der Waals surface area contributed by atoms with E-state index < -0.39 is 58.8 Å². The van der Waals surface area contributed by atoms with Gasteiger partial charge >= 0.3 is 0 Å². The molecule has 0 unspecified atom stereocenters. The average Bonchev–Trinajstić information content (AvgIpc) is 0.802. The number of ether oxygens (including phenoxy) is 2. The van der Waals surface area contributed by atoms with Gasteiger partial charge in [0.05, 0.1) is 55.9 Å². The van der Waals surface area contributed by atoms with E-state index in [2.05, 4.69) is 76.6 Å². The lowest BCUT2D eigenvalue weighted by atomic mass is 10.0. The fraction of sp³-hybridized carbons (Fsp3) is 0.146. The van der Waals surface area contributed by atoms with Crippen molar-refractivity contribution in [2.24, 2.45) is 0 Å². The summed E-state index contributed by atoms with van der Waals surface area (Å²) in [4.78, 5) is 127. The van der Waals surface area contributed by atoms with Crippen LogP contribution in [0.5, 0.6) is 23.0 Å². The number of amides is 8. The van der Waals surface area contributed by atoms with Crippen LogP contribution >= 0.6 is 0 Å². The molecule has 0 fully saturated rings. The standard InChI is InChI=1S/C82H68N10O12/c1-39-21-53-71(93)54(22-39)76(96)86-64-34-68(48(10)30-44(64)6)90-80(100)58-26-42(4)28-60-74(58)104-20-18-52-14-16-62(84-38-52)61-15-13-51(37-83-61)17-19-103-73-57(79(99)89-67-33-63(85-75(53)95)43(5)29-47(67)9)25-41(3)27-59(73)81(101)91-69-35-65(45(7)31-49(69)11)87-77(97)55-23-40(2)24-56(72(55)94)78(98)88-66-36-70(92-82(60)102)50(12)32-46(66)8/h13-16,21-38,93-94H,1-12H3,(H,85,95)(H,86,96)(H,87,97)(H,88,98)(H,89,99)(H,90,100)(H,91,101)(H,92,102). The first-order valence-corrected chi connectivity index (χ1v) is 32.7. The fourth-order valence-electron chi connectivity index (χ4n) is 12.2. The maximum absolute atomic E-state index is 15.0. The van der Waals surface area contributed by atoms with Gasteiger partial charge in [-0.05, 0) is 259 Å². The Morgan fingerprint density at radius 2 is 0.481 bits per heavy atom. The first-order chi connectivity index (χ1) is 49.5. The summed E-state index contributed by atoms with van der Waals surface area (Å²) >= 11 is 0. The van der Waals surface area contributed by atoms with E-state index in [-0.39, 0.29) is 102 Å². The maximum Gasteiger partial charge on any atom is 0.259 e. The summed E-state index contributed by atoms with van der Waals surface area (Å²) in [7, 11) is 0. The number of aromatic hydroxyl groups is 2. The minimum absolute atomic E-state index is 0.131. The first kappa shape index (κ1) is 70.0. The van der Waals surface area contributed by atoms with Crippen LogP contribution < -0.4 is 52.0 Å². The summed E-state index contributed by atoms with van der Waals surface area (Å²) in [5.41, 5.74) is 8.07. The van der Waals surface area contributed by atoms with Crippen LogP contribution in [0, 0.1) is 107 Å². The van der Waals surface area contributed by atoms with E-state index in [4.69, 9.17) is 9.47 Å². The average molecular weight is 1390 g/mol. The van der Waals surface area contributed by atoms with Gasteiger partial charge in [0.1, 0.15) is 23.7 Å². The highest BCUT2D eigenvalue weighted by atomic mass is 16.5. The number of benzene rings is 8. The van der Waals surface area contributed by atoms with Gasteiger partial charge in [-0.2, -0.15) is 0 Å². The number of nitrogens with one attached hydrogen (secondary N) is 8. The first-order valence-electron chi connectivity index (χ1n) is 32.7. The van der Waals surface area contributed by atoms with Gasteiger partial charge in [-0.15, -0.1) is 0 Å². The van der Waals surface area contributed by atoms with Crippen LogP contribution in [-0.4, -0.2) is 67.4 Å². The molecule has 10 N–H and O–H groups in total. The molecule has 6 aliphatic rings. The molecule has 8 heterocycles. The summed E-state index contributed by atoms with van der Waals surface area (Å²) in [6, 6.07) is 31.4. The fourth-order valence-corrected chi connectivity index (χ4v) is 12.2. The number of aryl methyl sites for hydroxylation is 12. The zero-order chi connectivity index (χ0) is 74.3. The molecule has 0 atom stereocenters. The quantitative estimate of drug-likeness (QED) is 0.0632. The molecule has 2 aromatic heterocycles. The molecule has 0 radical (unpaired) electrons. The predicted molar refractivity (Wildman–Crippen MR) is 398 cm³/mol. The lowest BCUT2D eigenvalue weighted by molar-refractivity contribution is 0.100. The Bertz CT molecular complexity index is 4960. The van der Waals surface area contributed by atoms with Gasteiger partial charge in [-0.25, -0.2) is 0 Å². The van der Waals surface area contributed by atoms with Crippen LogP contribution in [0.3, 0.4) is 0 Å². The number of rotatable bonds is 0. The molecule has 6 aliphatic heterocycles. The Balaban J connectivity index is 1.04. The van der Waals surface area contributed by atoms with Crippen LogP contribution in [0.2, 0.25) is 0 Å². The second-order valence-electron chi connectivity index (χ2n) is 25.9. The normalized spacial score (nSPS) is 13.2. The maximum atomic E-state index is 15.0. The van der Waals surface area contributed by atoms with Crippen molar-refractivity contribution in [1.82, 2.24) is 9.97 Å². The van der Waals surface area contributed by atoms with Crippen LogP contribution in [0.25, 0.3) is 11.4 Å². The molecule has 0 spiro atoms. The van der Waals surface area contributed by atoms with Crippen molar-refractivity contribution in [3.05, 3.63) is 256 Å². The van der Waals surface area contributed by atoms with Crippen LogP contribution in [0.1, 0.15) is 161 Å². The summed E-state index contributed by atoms with van der Waals surface area (Å²) < 4.78 is 12.4. The van der Waals surface area contributed by atoms with Crippen molar-refractivity contribution in [2.45, 2.75) is 83.1 Å². The highest BCUT2D eigenvalue weighted by Gasteiger charge is 2.29. The molecule has 104 heavy (non-hydrogen) atoms. The number of nitrogens with zero attached hydrogens (tertiary/aromatic N) is 2. The van der Waals surface area contributed by atoms with Crippen LogP contribution in [-0.2, 0) is 0 Å². The highest BCUT2D eigenvalue weighted by Crippen LogP contribution is 2.38. The number of pyridine rings is 2. The van der Waals surface area contributed by atoms with E-state index in [1.165, 1.54) is 85.2 Å². The summed E-state index contributed by atoms with van der Waals surface area (Å²) in [5, 5.41) is 46.8. The third-order valence-electron chi connectivity index (χ3n) is 17.7. The second-order valence-corrected chi connectivity index (χ2v) is 25.9. The van der Waals surface area contributed by atoms with Crippen molar-refractivity contribution >= 4 is 92.8 Å². The lowest BCUT2D eigenvalue weighted by Crippen LogP contribution is -2.20. The smallest absolute Gasteiger partial charge is 0.259 e. The number of anilines is 8. The van der Waals surface area contributed by atoms with Crippen molar-refractivity contribution < 1.29 is 58.0 Å². The number of carbonyl (C=O) groups is 8. The third kappa shape index (κ3) is 14.6. The van der Waals surface area contributed by atoms with Gasteiger partial charge < -0.3 is 62.2 Å². The van der Waals surface area contributed by atoms with Gasteiger partial charge in [-0.1, -0.05) is 24.3 Å². The lowest BCUT2D eigenvalue weighted by Gasteiger charge is -2.19. The summed E-state index contributed by atoms with van der Waals surface area (Å²) in [5.74, 6) is -2.24. The van der Waals surface area contributed by atoms with Crippen molar-refractivity contribution in [2.75, 3.05) is 42.5 Å². The second kappa shape index (κ2) is 28.4. The minimum Gasteiger partial charge on any atom is -0.506 e. The summed E-state index contributed by atoms with van der Waals surface area (Å²) in [6.45, 7) is 20.5. The minimum atomic E-state index is -0.806. The molecule has 18 bridgehead atoms. The van der Waals surface area contributed by atoms with Gasteiger partial charge in [0.25, 0.3) is 47.3 Å². The van der Waals surface area contributed by atoms with Crippen molar-refractivity contribution in [1.29, 1.82) is 0 Å². The molecule has 0 saturated carbocycles. The van der Waals surface area contributed by atoms with E-state index in [0.717, 1.165) is 0 Å². The largest absolute Gasteiger partial charge is 0.506 e. The molecule has 10 aromatic rings. The number of hydrogen-bond acceptors (Lipinski definition) is 14. The monoisotopic (exact) mass is 1380 g/mol. The van der Waals surface area contributed by atoms with Crippen molar-refractivity contribution in [3.63, 3.8) is 0 Å². The Morgan fingerprint density at radius 1 is 0.279 bits per heavy atom. The van der Waals surface area contributed by atoms with Crippen LogP contribution in [0.4, 0.5) is 45.5 Å². The highest BCUT2D eigenvalue weighted by molar-refractivity contribution is 6.18. The molecule has 22 heteroatoms. The van der Waals surface area contributed by atoms with E-state index in [9.17, 15) is 29.4 Å². The SMILES string of the molecule is Cc1cc2c(O)c(c1)C(=O)Nc1cc(c(C)cc1C)NC(=O)c1cc(C)cc3c1OC#Cc1ccc(nc1)-c1ccc(cn1)C#COc1c(cc(C)cc1C(=O)Nc1cc(c(C)cc1C)NC(=O)c1cc(C)cc(c1O)C(=O)Nc1cc(c(C)cc1C)NC3=O)C(=O)Nc1cc(c(C)cc1C)NC2=O. The van der Waals surface area contributed by atoms with Gasteiger partial charge in [0.15, 0.2) is 11.5 Å². The Hall–Kier alpha value is -13.9. The number of carbonyl (C=O) groups excluding carboxylic acids is 8. The number of phenols is 2. The topological polar surface area (TPSA) is 317 Å². The van der Waals surface area contributed by atoms with Gasteiger partial charge in [0.2, 0.25) is 0 Å². The molecule has 16 rings (SSSR count). The van der Waals surface area contributed by atoms with Gasteiger partial charge in [0, 0.05) is 69.0 Å². The number of hydrogen-bond donors (Lipinski definition) is 10. The zero-order valence-electron chi connectivity index (χ0n) is 58.6. The Kier molecular flexibility index (Phi) is 19.1. The van der Waals surface area contributed by atoms with Crippen molar-refractivity contribution in [3.8, 4) is 58.4 Å². The molecule has 8 aromatic carbocycles. The van der Waals surface area contributed by atoms with Gasteiger partial charge in [-0.3, -0.25) is 48.3 Å². The van der Waals surface area contributed by atoms with E-state index in [0.29, 0.717) is 89.3 Å². The molecule has 0 aliphatic carbocycles. The third-order valence-corrected chi connectivity index (χ3v) is 17.7. The predicted octanol–water partition coefficient (Wildman–Crippen LogP) is 14.7. The molecule has 0 saturated heterocycles. The Morgan fingerprint density at radius 3 is 0.683 bits per heavy atom. The Labute approximate surface area is 598 Å².